The second-order valence-corrected chi connectivity index (χ2v) is 5.44. The fraction of sp³-hybridized carbons (Fsp3) is 0.200. The molecule has 0 saturated carbocycles. The summed E-state index contributed by atoms with van der Waals surface area (Å²) in [6.07, 6.45) is 1.55. The van der Waals surface area contributed by atoms with E-state index in [1.165, 1.54) is 12.1 Å². The molecule has 1 amide bonds. The van der Waals surface area contributed by atoms with Gasteiger partial charge in [-0.3, -0.25) is 4.79 Å². The summed E-state index contributed by atoms with van der Waals surface area (Å²) < 4.78 is 0. The number of nitrogens with one attached hydrogen (secondary N) is 1. The molecular formula is C20H21N3O2. The molecular weight excluding hydrogens is 314 g/mol. The summed E-state index contributed by atoms with van der Waals surface area (Å²) in [4.78, 5) is 14.5. The molecule has 0 aliphatic rings. The molecule has 2 N–H and O–H groups in total. The van der Waals surface area contributed by atoms with Crippen LogP contribution in [0, 0.1) is 11.3 Å². The number of carbonyl (C=O) groups excluding carboxylic acids is 1. The lowest BCUT2D eigenvalue weighted by Crippen LogP contribution is -2.21. The Morgan fingerprint density at radius 3 is 2.44 bits per heavy atom. The van der Waals surface area contributed by atoms with Gasteiger partial charge < -0.3 is 15.3 Å². The van der Waals surface area contributed by atoms with Crippen LogP contribution >= 0.6 is 0 Å². The average molecular weight is 335 g/mol. The van der Waals surface area contributed by atoms with E-state index in [9.17, 15) is 15.2 Å². The third-order valence-electron chi connectivity index (χ3n) is 3.80. The lowest BCUT2D eigenvalue weighted by molar-refractivity contribution is -0.112. The Morgan fingerprint density at radius 1 is 1.20 bits per heavy atom. The molecule has 2 rings (SSSR count). The smallest absolute Gasteiger partial charge is 0.266 e. The molecule has 5 nitrogen and oxygen atoms in total. The number of nitrogens with zero attached hydrogens (tertiary/aromatic N) is 2. The second-order valence-electron chi connectivity index (χ2n) is 5.44. The normalized spacial score (nSPS) is 10.8. The van der Waals surface area contributed by atoms with E-state index >= 15 is 0 Å². The minimum atomic E-state index is -0.513. The topological polar surface area (TPSA) is 76.4 Å². The standard InChI is InChI=1S/C20H21N3O2/c1-3-23(4-2)18-10-8-15(9-11-18)12-16(14-21)20(25)22-17-6-5-7-19(24)13-17/h5-13,24H,3-4H2,1-2H3,(H,22,25)/b16-12+. The highest BCUT2D eigenvalue weighted by Gasteiger charge is 2.10. The summed E-state index contributed by atoms with van der Waals surface area (Å²) in [6, 6.07) is 15.8. The van der Waals surface area contributed by atoms with Crippen LogP contribution in [0.5, 0.6) is 5.75 Å². The minimum Gasteiger partial charge on any atom is -0.508 e. The maximum atomic E-state index is 12.2. The average Bonchev–Trinajstić information content (AvgIpc) is 2.62. The lowest BCUT2D eigenvalue weighted by Gasteiger charge is -2.20. The Kier molecular flexibility index (Phi) is 6.19. The van der Waals surface area contributed by atoms with E-state index in [2.05, 4.69) is 24.1 Å². The van der Waals surface area contributed by atoms with Gasteiger partial charge in [0, 0.05) is 30.5 Å². The van der Waals surface area contributed by atoms with E-state index in [0.29, 0.717) is 5.69 Å². The third kappa shape index (κ3) is 4.85. The Labute approximate surface area is 147 Å². The minimum absolute atomic E-state index is 0.000989. The van der Waals surface area contributed by atoms with Gasteiger partial charge in [0.05, 0.1) is 0 Å². The van der Waals surface area contributed by atoms with E-state index in [1.54, 1.807) is 18.2 Å². The first-order valence-corrected chi connectivity index (χ1v) is 8.14. The molecule has 128 valence electrons. The molecule has 0 heterocycles. The van der Waals surface area contributed by atoms with Crippen molar-refractivity contribution >= 4 is 23.4 Å². The summed E-state index contributed by atoms with van der Waals surface area (Å²) >= 11 is 0. The van der Waals surface area contributed by atoms with Crippen LogP contribution in [-0.4, -0.2) is 24.1 Å². The van der Waals surface area contributed by atoms with Gasteiger partial charge in [0.15, 0.2) is 0 Å². The molecule has 0 unspecified atom stereocenters. The molecule has 0 bridgehead atoms. The van der Waals surface area contributed by atoms with Crippen molar-refractivity contribution in [2.75, 3.05) is 23.3 Å². The van der Waals surface area contributed by atoms with Crippen LogP contribution in [0.2, 0.25) is 0 Å². The number of hydrogen-bond donors (Lipinski definition) is 2. The quantitative estimate of drug-likeness (QED) is 0.622. The molecule has 0 aliphatic carbocycles. The monoisotopic (exact) mass is 335 g/mol. The number of anilines is 2. The van der Waals surface area contributed by atoms with Crippen molar-refractivity contribution < 1.29 is 9.90 Å². The highest BCUT2D eigenvalue weighted by atomic mass is 16.3. The van der Waals surface area contributed by atoms with Crippen LogP contribution in [0.25, 0.3) is 6.08 Å². The molecule has 2 aromatic carbocycles. The van der Waals surface area contributed by atoms with Gasteiger partial charge in [-0.1, -0.05) is 18.2 Å². The fourth-order valence-electron chi connectivity index (χ4n) is 2.47. The van der Waals surface area contributed by atoms with Crippen LogP contribution in [0.1, 0.15) is 19.4 Å². The number of aromatic hydroxyl groups is 1. The molecule has 0 aromatic heterocycles. The van der Waals surface area contributed by atoms with E-state index in [-0.39, 0.29) is 11.3 Å². The van der Waals surface area contributed by atoms with Crippen molar-refractivity contribution in [2.24, 2.45) is 0 Å². The molecule has 2 aromatic rings. The van der Waals surface area contributed by atoms with Crippen molar-refractivity contribution in [2.45, 2.75) is 13.8 Å². The predicted octanol–water partition coefficient (Wildman–Crippen LogP) is 3.78. The number of hydrogen-bond acceptors (Lipinski definition) is 4. The SMILES string of the molecule is CCN(CC)c1ccc(/C=C(\C#N)C(=O)Nc2cccc(O)c2)cc1. The molecule has 0 spiro atoms. The van der Waals surface area contributed by atoms with Gasteiger partial charge in [-0.25, -0.2) is 0 Å². The zero-order valence-electron chi connectivity index (χ0n) is 14.4. The maximum absolute atomic E-state index is 12.2. The number of phenols is 1. The Hall–Kier alpha value is -3.26. The summed E-state index contributed by atoms with van der Waals surface area (Å²) in [6.45, 7) is 6.02. The van der Waals surface area contributed by atoms with Crippen molar-refractivity contribution in [1.82, 2.24) is 0 Å². The van der Waals surface area contributed by atoms with E-state index in [0.717, 1.165) is 24.3 Å². The molecule has 25 heavy (non-hydrogen) atoms. The van der Waals surface area contributed by atoms with Crippen molar-refractivity contribution in [3.63, 3.8) is 0 Å². The summed E-state index contributed by atoms with van der Waals surface area (Å²) in [5.41, 5.74) is 2.31. The van der Waals surface area contributed by atoms with E-state index in [1.807, 2.05) is 30.3 Å². The summed E-state index contributed by atoms with van der Waals surface area (Å²) in [5.74, 6) is -0.465. The Balaban J connectivity index is 2.16. The van der Waals surface area contributed by atoms with Crippen molar-refractivity contribution in [3.05, 3.63) is 59.7 Å². The van der Waals surface area contributed by atoms with Crippen LogP contribution in [-0.2, 0) is 4.79 Å². The van der Waals surface area contributed by atoms with Gasteiger partial charge >= 0.3 is 0 Å². The van der Waals surface area contributed by atoms with Crippen LogP contribution in [0.3, 0.4) is 0 Å². The molecule has 0 atom stereocenters. The highest BCUT2D eigenvalue weighted by Crippen LogP contribution is 2.18. The summed E-state index contributed by atoms with van der Waals surface area (Å²) in [7, 11) is 0. The van der Waals surface area contributed by atoms with Gasteiger partial charge in [0.1, 0.15) is 17.4 Å². The second kappa shape index (κ2) is 8.55. The molecule has 5 heteroatoms. The first-order chi connectivity index (χ1) is 12.1. The molecule has 0 aliphatic heterocycles. The maximum Gasteiger partial charge on any atom is 0.266 e. The van der Waals surface area contributed by atoms with Gasteiger partial charge in [0.2, 0.25) is 0 Å². The first-order valence-electron chi connectivity index (χ1n) is 8.14. The van der Waals surface area contributed by atoms with Crippen LogP contribution in [0.15, 0.2) is 54.1 Å². The number of carbonyl (C=O) groups is 1. The number of nitriles is 1. The zero-order chi connectivity index (χ0) is 18.2. The largest absolute Gasteiger partial charge is 0.508 e. The van der Waals surface area contributed by atoms with E-state index in [4.69, 9.17) is 0 Å². The van der Waals surface area contributed by atoms with Gasteiger partial charge in [-0.2, -0.15) is 5.26 Å². The molecule has 0 radical (unpaired) electrons. The number of benzene rings is 2. The number of phenolic OH excluding ortho intramolecular Hbond substituents is 1. The van der Waals surface area contributed by atoms with Crippen LogP contribution in [0.4, 0.5) is 11.4 Å². The number of rotatable bonds is 6. The Bertz CT molecular complexity index is 800. The third-order valence-corrected chi connectivity index (χ3v) is 3.80. The first kappa shape index (κ1) is 18.1. The van der Waals surface area contributed by atoms with Crippen molar-refractivity contribution in [3.8, 4) is 11.8 Å². The fourth-order valence-corrected chi connectivity index (χ4v) is 2.47. The molecule has 0 saturated heterocycles. The van der Waals surface area contributed by atoms with E-state index < -0.39 is 5.91 Å². The zero-order valence-corrected chi connectivity index (χ0v) is 14.4. The van der Waals surface area contributed by atoms with Gasteiger partial charge in [-0.05, 0) is 49.8 Å². The van der Waals surface area contributed by atoms with Crippen molar-refractivity contribution in [1.29, 1.82) is 5.26 Å². The van der Waals surface area contributed by atoms with Gasteiger partial charge in [0.25, 0.3) is 5.91 Å². The highest BCUT2D eigenvalue weighted by molar-refractivity contribution is 6.09. The Morgan fingerprint density at radius 2 is 1.88 bits per heavy atom. The molecule has 0 fully saturated rings. The lowest BCUT2D eigenvalue weighted by atomic mass is 10.1. The van der Waals surface area contributed by atoms with Crippen LogP contribution < -0.4 is 10.2 Å². The summed E-state index contributed by atoms with van der Waals surface area (Å²) in [5, 5.41) is 21.3. The van der Waals surface area contributed by atoms with Gasteiger partial charge in [-0.15, -0.1) is 0 Å². The predicted molar refractivity (Wildman–Crippen MR) is 100 cm³/mol. The number of amides is 1.